The van der Waals surface area contributed by atoms with Crippen LogP contribution in [-0.4, -0.2) is 15.0 Å². The molecule has 0 saturated heterocycles. The lowest BCUT2D eigenvalue weighted by molar-refractivity contribution is 1.14. The summed E-state index contributed by atoms with van der Waals surface area (Å²) in [6, 6.07) is 19.2. The molecule has 0 aliphatic carbocycles. The molecule has 0 amide bonds. The van der Waals surface area contributed by atoms with Crippen molar-refractivity contribution in [3.63, 3.8) is 0 Å². The largest absolute Gasteiger partial charge is 0.250 e. The molecule has 0 radical (unpaired) electrons. The average molecular weight is 366 g/mol. The first kappa shape index (κ1) is 16.0. The van der Waals surface area contributed by atoms with Gasteiger partial charge in [0.1, 0.15) is 5.69 Å². The summed E-state index contributed by atoms with van der Waals surface area (Å²) in [6.45, 7) is 1.95. The molecular formula is C20H13Cl2N3. The third kappa shape index (κ3) is 3.09. The summed E-state index contributed by atoms with van der Waals surface area (Å²) >= 11 is 12.3. The summed E-state index contributed by atoms with van der Waals surface area (Å²) in [5, 5.41) is 1.97. The number of hydrogen-bond acceptors (Lipinski definition) is 3. The molecular weight excluding hydrogens is 353 g/mol. The zero-order chi connectivity index (χ0) is 17.4. The fourth-order valence-electron chi connectivity index (χ4n) is 2.72. The van der Waals surface area contributed by atoms with E-state index < -0.39 is 0 Å². The van der Waals surface area contributed by atoms with Crippen LogP contribution in [0, 0.1) is 6.92 Å². The van der Waals surface area contributed by atoms with Crippen LogP contribution in [0.1, 0.15) is 5.69 Å². The molecule has 5 heteroatoms. The zero-order valence-corrected chi connectivity index (χ0v) is 14.9. The van der Waals surface area contributed by atoms with Crippen LogP contribution < -0.4 is 0 Å². The molecule has 2 aromatic carbocycles. The van der Waals surface area contributed by atoms with E-state index in [1.54, 1.807) is 6.07 Å². The van der Waals surface area contributed by atoms with Crippen LogP contribution >= 0.6 is 23.2 Å². The maximum atomic E-state index is 6.20. The van der Waals surface area contributed by atoms with Crippen molar-refractivity contribution in [2.75, 3.05) is 0 Å². The van der Waals surface area contributed by atoms with Gasteiger partial charge in [-0.05, 0) is 37.3 Å². The molecule has 0 bridgehead atoms. The number of benzene rings is 2. The SMILES string of the molecule is Cc1cccc(-c2nc(-c3ccc(Cl)c(Cl)c3)c3ccccc3n2)n1. The summed E-state index contributed by atoms with van der Waals surface area (Å²) in [4.78, 5) is 14.0. The molecule has 4 rings (SSSR count). The highest BCUT2D eigenvalue weighted by molar-refractivity contribution is 6.42. The Bertz CT molecular complexity index is 1090. The van der Waals surface area contributed by atoms with Crippen LogP contribution in [0.25, 0.3) is 33.7 Å². The van der Waals surface area contributed by atoms with E-state index in [0.717, 1.165) is 33.5 Å². The van der Waals surface area contributed by atoms with Crippen LogP contribution in [0.2, 0.25) is 10.0 Å². The molecule has 0 atom stereocenters. The zero-order valence-electron chi connectivity index (χ0n) is 13.4. The molecule has 0 fully saturated rings. The lowest BCUT2D eigenvalue weighted by Gasteiger charge is -2.10. The van der Waals surface area contributed by atoms with Crippen molar-refractivity contribution in [3.8, 4) is 22.8 Å². The van der Waals surface area contributed by atoms with Gasteiger partial charge >= 0.3 is 0 Å². The average Bonchev–Trinajstić information content (AvgIpc) is 2.63. The van der Waals surface area contributed by atoms with Crippen LogP contribution in [-0.2, 0) is 0 Å². The molecule has 0 aliphatic rings. The first-order valence-corrected chi connectivity index (χ1v) is 8.53. The van der Waals surface area contributed by atoms with Gasteiger partial charge in [0.15, 0.2) is 5.82 Å². The fourth-order valence-corrected chi connectivity index (χ4v) is 3.02. The van der Waals surface area contributed by atoms with Gasteiger partial charge in [0.05, 0.1) is 21.3 Å². The van der Waals surface area contributed by atoms with Gasteiger partial charge in [-0.1, -0.05) is 53.5 Å². The van der Waals surface area contributed by atoms with Crippen molar-refractivity contribution in [2.24, 2.45) is 0 Å². The van der Waals surface area contributed by atoms with Gasteiger partial charge in [0.2, 0.25) is 0 Å². The van der Waals surface area contributed by atoms with Crippen LogP contribution in [0.5, 0.6) is 0 Å². The monoisotopic (exact) mass is 365 g/mol. The molecule has 0 spiro atoms. The lowest BCUT2D eigenvalue weighted by atomic mass is 10.1. The van der Waals surface area contributed by atoms with Crippen molar-refractivity contribution in [2.45, 2.75) is 6.92 Å². The first-order valence-electron chi connectivity index (χ1n) is 7.78. The number of pyridine rings is 1. The Hall–Kier alpha value is -2.49. The minimum atomic E-state index is 0.497. The highest BCUT2D eigenvalue weighted by Gasteiger charge is 2.13. The normalized spacial score (nSPS) is 11.0. The maximum absolute atomic E-state index is 6.20. The number of aromatic nitrogens is 3. The van der Waals surface area contributed by atoms with Crippen molar-refractivity contribution >= 4 is 34.1 Å². The van der Waals surface area contributed by atoms with Crippen LogP contribution in [0.3, 0.4) is 0 Å². The first-order chi connectivity index (χ1) is 12.1. The number of aryl methyl sites for hydroxylation is 1. The van der Waals surface area contributed by atoms with Crippen molar-refractivity contribution in [3.05, 3.63) is 76.4 Å². The summed E-state index contributed by atoms with van der Waals surface area (Å²) < 4.78 is 0. The molecule has 2 heterocycles. The molecule has 0 unspecified atom stereocenters. The Kier molecular flexibility index (Phi) is 4.12. The number of hydrogen-bond donors (Lipinski definition) is 0. The van der Waals surface area contributed by atoms with E-state index in [-0.39, 0.29) is 0 Å². The third-order valence-electron chi connectivity index (χ3n) is 3.91. The number of fused-ring (bicyclic) bond motifs is 1. The standard InChI is InChI=1S/C20H13Cl2N3/c1-12-5-4-8-18(23-12)20-24-17-7-3-2-6-14(17)19(25-20)13-9-10-15(21)16(22)11-13/h2-11H,1H3. The van der Waals surface area contributed by atoms with Gasteiger partial charge in [0.25, 0.3) is 0 Å². The Morgan fingerprint density at radius 2 is 1.60 bits per heavy atom. The van der Waals surface area contributed by atoms with Crippen molar-refractivity contribution in [1.82, 2.24) is 15.0 Å². The molecule has 3 nitrogen and oxygen atoms in total. The summed E-state index contributed by atoms with van der Waals surface area (Å²) in [5.41, 5.74) is 4.22. The highest BCUT2D eigenvalue weighted by atomic mass is 35.5. The van der Waals surface area contributed by atoms with E-state index in [2.05, 4.69) is 9.97 Å². The minimum absolute atomic E-state index is 0.497. The number of nitrogens with zero attached hydrogens (tertiary/aromatic N) is 3. The molecule has 0 aliphatic heterocycles. The summed E-state index contributed by atoms with van der Waals surface area (Å²) in [6.07, 6.45) is 0. The van der Waals surface area contributed by atoms with E-state index >= 15 is 0 Å². The topological polar surface area (TPSA) is 38.7 Å². The fraction of sp³-hybridized carbons (Fsp3) is 0.0500. The maximum Gasteiger partial charge on any atom is 0.179 e. The van der Waals surface area contributed by atoms with Gasteiger partial charge in [-0.25, -0.2) is 15.0 Å². The summed E-state index contributed by atoms with van der Waals surface area (Å²) in [5.74, 6) is 0.587. The second-order valence-corrected chi connectivity index (χ2v) is 6.52. The van der Waals surface area contributed by atoms with E-state index in [1.165, 1.54) is 0 Å². The van der Waals surface area contributed by atoms with Crippen LogP contribution in [0.15, 0.2) is 60.7 Å². The number of para-hydroxylation sites is 1. The molecule has 0 saturated carbocycles. The van der Waals surface area contributed by atoms with Gasteiger partial charge in [-0.3, -0.25) is 0 Å². The predicted octanol–water partition coefficient (Wildman–Crippen LogP) is 5.97. The van der Waals surface area contributed by atoms with Crippen molar-refractivity contribution in [1.29, 1.82) is 0 Å². The van der Waals surface area contributed by atoms with Crippen molar-refractivity contribution < 1.29 is 0 Å². The Morgan fingerprint density at radius 1 is 0.760 bits per heavy atom. The predicted molar refractivity (Wildman–Crippen MR) is 103 cm³/mol. The molecule has 2 aromatic heterocycles. The van der Waals surface area contributed by atoms with E-state index in [4.69, 9.17) is 28.2 Å². The van der Waals surface area contributed by atoms with Gasteiger partial charge < -0.3 is 0 Å². The Morgan fingerprint density at radius 3 is 2.40 bits per heavy atom. The second kappa shape index (κ2) is 6.43. The lowest BCUT2D eigenvalue weighted by Crippen LogP contribution is -1.97. The Balaban J connectivity index is 2.00. The van der Waals surface area contributed by atoms with E-state index in [1.807, 2.05) is 61.5 Å². The molecule has 0 N–H and O–H groups in total. The number of rotatable bonds is 2. The number of halogens is 2. The van der Waals surface area contributed by atoms with Gasteiger partial charge in [-0.15, -0.1) is 0 Å². The molecule has 4 aromatic rings. The van der Waals surface area contributed by atoms with Gasteiger partial charge in [0, 0.05) is 16.6 Å². The minimum Gasteiger partial charge on any atom is -0.250 e. The van der Waals surface area contributed by atoms with E-state index in [9.17, 15) is 0 Å². The quantitative estimate of drug-likeness (QED) is 0.438. The second-order valence-electron chi connectivity index (χ2n) is 5.71. The Labute approximate surface area is 155 Å². The van der Waals surface area contributed by atoms with Gasteiger partial charge in [-0.2, -0.15) is 0 Å². The van der Waals surface area contributed by atoms with Crippen LogP contribution in [0.4, 0.5) is 0 Å². The third-order valence-corrected chi connectivity index (χ3v) is 4.65. The summed E-state index contributed by atoms with van der Waals surface area (Å²) in [7, 11) is 0. The molecule has 25 heavy (non-hydrogen) atoms. The highest BCUT2D eigenvalue weighted by Crippen LogP contribution is 2.32. The van der Waals surface area contributed by atoms with E-state index in [0.29, 0.717) is 15.9 Å². The smallest absolute Gasteiger partial charge is 0.179 e. The molecule has 122 valence electrons.